The standard InChI is InChI=1S/C13H15BrFN3/c14-12-9-10(15)1-2-11(12)13(3-4-16)18-7-5-17-6-8-18/h1-2,9,13,17H,3,5-8H2/t13-/m1/s1. The summed E-state index contributed by atoms with van der Waals surface area (Å²) in [6.07, 6.45) is 0.421. The molecule has 1 heterocycles. The molecule has 5 heteroatoms. The van der Waals surface area contributed by atoms with Crippen LogP contribution in [0.4, 0.5) is 4.39 Å². The second-order valence-electron chi connectivity index (χ2n) is 4.33. The van der Waals surface area contributed by atoms with E-state index in [1.54, 1.807) is 6.07 Å². The van der Waals surface area contributed by atoms with Crippen molar-refractivity contribution in [2.24, 2.45) is 0 Å². The predicted molar refractivity (Wildman–Crippen MR) is 71.5 cm³/mol. The highest BCUT2D eigenvalue weighted by Crippen LogP contribution is 2.31. The molecular weight excluding hydrogens is 297 g/mol. The molecule has 96 valence electrons. The van der Waals surface area contributed by atoms with Crippen molar-refractivity contribution < 1.29 is 4.39 Å². The molecule has 3 nitrogen and oxygen atoms in total. The van der Waals surface area contributed by atoms with E-state index >= 15 is 0 Å². The van der Waals surface area contributed by atoms with Crippen LogP contribution in [-0.2, 0) is 0 Å². The first-order chi connectivity index (χ1) is 8.72. The fraction of sp³-hybridized carbons (Fsp3) is 0.462. The Bertz CT molecular complexity index is 452. The Morgan fingerprint density at radius 1 is 1.44 bits per heavy atom. The van der Waals surface area contributed by atoms with Gasteiger partial charge < -0.3 is 5.32 Å². The molecule has 1 aliphatic rings. The van der Waals surface area contributed by atoms with Gasteiger partial charge in [0.2, 0.25) is 0 Å². The maximum absolute atomic E-state index is 13.1. The topological polar surface area (TPSA) is 39.1 Å². The second kappa shape index (κ2) is 6.28. The molecule has 18 heavy (non-hydrogen) atoms. The first-order valence-corrected chi connectivity index (χ1v) is 6.78. The van der Waals surface area contributed by atoms with E-state index in [-0.39, 0.29) is 11.9 Å². The lowest BCUT2D eigenvalue weighted by molar-refractivity contribution is 0.175. The minimum absolute atomic E-state index is 0.0343. The van der Waals surface area contributed by atoms with Crippen LogP contribution in [0.2, 0.25) is 0 Å². The molecule has 0 bridgehead atoms. The number of piperazine rings is 1. The number of nitrogens with zero attached hydrogens (tertiary/aromatic N) is 2. The summed E-state index contributed by atoms with van der Waals surface area (Å²) in [5, 5.41) is 12.3. The molecule has 1 fully saturated rings. The SMILES string of the molecule is N#CC[C@H](c1ccc(F)cc1Br)N1CCNCC1. The summed E-state index contributed by atoms with van der Waals surface area (Å²) in [7, 11) is 0. The van der Waals surface area contributed by atoms with Crippen LogP contribution < -0.4 is 5.32 Å². The van der Waals surface area contributed by atoms with Crippen molar-refractivity contribution in [3.8, 4) is 6.07 Å². The van der Waals surface area contributed by atoms with Crippen molar-refractivity contribution >= 4 is 15.9 Å². The average molecular weight is 312 g/mol. The monoisotopic (exact) mass is 311 g/mol. The van der Waals surface area contributed by atoms with Gasteiger partial charge in [0.25, 0.3) is 0 Å². The van der Waals surface area contributed by atoms with E-state index < -0.39 is 0 Å². The first kappa shape index (κ1) is 13.5. The third kappa shape index (κ3) is 3.08. The number of rotatable bonds is 3. The molecule has 0 amide bonds. The fourth-order valence-corrected chi connectivity index (χ4v) is 2.90. The Kier molecular flexibility index (Phi) is 4.70. The summed E-state index contributed by atoms with van der Waals surface area (Å²) in [6, 6.07) is 6.94. The Balaban J connectivity index is 2.25. The summed E-state index contributed by atoms with van der Waals surface area (Å²) in [4.78, 5) is 2.28. The quantitative estimate of drug-likeness (QED) is 0.932. The molecule has 0 unspecified atom stereocenters. The maximum atomic E-state index is 13.1. The van der Waals surface area contributed by atoms with Crippen LogP contribution in [0.3, 0.4) is 0 Å². The smallest absolute Gasteiger partial charge is 0.124 e. The molecule has 0 radical (unpaired) electrons. The zero-order chi connectivity index (χ0) is 13.0. The number of nitrogens with one attached hydrogen (secondary N) is 1. The molecule has 0 spiro atoms. The maximum Gasteiger partial charge on any atom is 0.124 e. The molecule has 0 aliphatic carbocycles. The molecule has 1 saturated heterocycles. The van der Waals surface area contributed by atoms with Gasteiger partial charge in [-0.15, -0.1) is 0 Å². The van der Waals surface area contributed by atoms with Gasteiger partial charge in [0.15, 0.2) is 0 Å². The number of hydrogen-bond donors (Lipinski definition) is 1. The van der Waals surface area contributed by atoms with E-state index in [4.69, 9.17) is 5.26 Å². The van der Waals surface area contributed by atoms with Crippen molar-refractivity contribution in [2.75, 3.05) is 26.2 Å². The van der Waals surface area contributed by atoms with Crippen LogP contribution in [-0.4, -0.2) is 31.1 Å². The predicted octanol–water partition coefficient (Wildman–Crippen LogP) is 2.45. The van der Waals surface area contributed by atoms with E-state index in [2.05, 4.69) is 32.2 Å². The molecule has 2 rings (SSSR count). The summed E-state index contributed by atoms with van der Waals surface area (Å²) in [6.45, 7) is 3.69. The van der Waals surface area contributed by atoms with Gasteiger partial charge in [0, 0.05) is 36.7 Å². The van der Waals surface area contributed by atoms with Crippen molar-refractivity contribution in [3.05, 3.63) is 34.1 Å². The van der Waals surface area contributed by atoms with Gasteiger partial charge in [-0.25, -0.2) is 4.39 Å². The van der Waals surface area contributed by atoms with Gasteiger partial charge in [-0.1, -0.05) is 22.0 Å². The third-order valence-corrected chi connectivity index (χ3v) is 3.89. The van der Waals surface area contributed by atoms with Crippen LogP contribution in [0.5, 0.6) is 0 Å². The van der Waals surface area contributed by atoms with Gasteiger partial charge in [-0.3, -0.25) is 4.90 Å². The summed E-state index contributed by atoms with van der Waals surface area (Å²) >= 11 is 3.39. The van der Waals surface area contributed by atoms with Gasteiger partial charge in [0.05, 0.1) is 12.5 Å². The Hall–Kier alpha value is -0.960. The van der Waals surface area contributed by atoms with Crippen molar-refractivity contribution in [3.63, 3.8) is 0 Å². The van der Waals surface area contributed by atoms with Gasteiger partial charge in [0.1, 0.15) is 5.82 Å². The van der Waals surface area contributed by atoms with E-state index in [0.717, 1.165) is 36.2 Å². The number of halogens is 2. The Morgan fingerprint density at radius 2 is 2.17 bits per heavy atom. The fourth-order valence-electron chi connectivity index (χ4n) is 2.29. The van der Waals surface area contributed by atoms with Crippen LogP contribution in [0.1, 0.15) is 18.0 Å². The highest BCUT2D eigenvalue weighted by molar-refractivity contribution is 9.10. The van der Waals surface area contributed by atoms with Crippen LogP contribution in [0, 0.1) is 17.1 Å². The largest absolute Gasteiger partial charge is 0.314 e. The number of benzene rings is 1. The lowest BCUT2D eigenvalue weighted by Crippen LogP contribution is -2.45. The minimum atomic E-state index is -0.262. The molecule has 1 N–H and O–H groups in total. The lowest BCUT2D eigenvalue weighted by atomic mass is 10.0. The van der Waals surface area contributed by atoms with Crippen LogP contribution >= 0.6 is 15.9 Å². The van der Waals surface area contributed by atoms with Gasteiger partial charge >= 0.3 is 0 Å². The Labute approximate surface area is 115 Å². The average Bonchev–Trinajstić information content (AvgIpc) is 2.38. The Morgan fingerprint density at radius 3 is 2.78 bits per heavy atom. The molecule has 1 atom stereocenters. The third-order valence-electron chi connectivity index (χ3n) is 3.20. The second-order valence-corrected chi connectivity index (χ2v) is 5.18. The van der Waals surface area contributed by atoms with E-state index in [0.29, 0.717) is 6.42 Å². The zero-order valence-electron chi connectivity index (χ0n) is 10.00. The first-order valence-electron chi connectivity index (χ1n) is 5.99. The zero-order valence-corrected chi connectivity index (χ0v) is 11.6. The summed E-state index contributed by atoms with van der Waals surface area (Å²) in [5.74, 6) is -0.262. The molecule has 0 aromatic heterocycles. The minimum Gasteiger partial charge on any atom is -0.314 e. The van der Waals surface area contributed by atoms with Crippen LogP contribution in [0.15, 0.2) is 22.7 Å². The molecule has 0 saturated carbocycles. The van der Waals surface area contributed by atoms with Crippen molar-refractivity contribution in [1.29, 1.82) is 5.26 Å². The van der Waals surface area contributed by atoms with Crippen molar-refractivity contribution in [2.45, 2.75) is 12.5 Å². The normalized spacial score (nSPS) is 18.3. The van der Waals surface area contributed by atoms with E-state index in [1.165, 1.54) is 12.1 Å². The van der Waals surface area contributed by atoms with Crippen LogP contribution in [0.25, 0.3) is 0 Å². The lowest BCUT2D eigenvalue weighted by Gasteiger charge is -2.34. The van der Waals surface area contributed by atoms with Crippen molar-refractivity contribution in [1.82, 2.24) is 10.2 Å². The highest BCUT2D eigenvalue weighted by atomic mass is 79.9. The number of hydrogen-bond acceptors (Lipinski definition) is 3. The molecule has 1 aromatic rings. The number of nitriles is 1. The summed E-state index contributed by atoms with van der Waals surface area (Å²) < 4.78 is 13.9. The highest BCUT2D eigenvalue weighted by Gasteiger charge is 2.23. The van der Waals surface area contributed by atoms with Gasteiger partial charge in [-0.2, -0.15) is 5.26 Å². The molecular formula is C13H15BrFN3. The molecule has 1 aromatic carbocycles. The van der Waals surface area contributed by atoms with E-state index in [1.807, 2.05) is 0 Å². The molecule has 1 aliphatic heterocycles. The summed E-state index contributed by atoms with van der Waals surface area (Å²) in [5.41, 5.74) is 0.986. The van der Waals surface area contributed by atoms with Gasteiger partial charge in [-0.05, 0) is 17.7 Å². The van der Waals surface area contributed by atoms with E-state index in [9.17, 15) is 4.39 Å².